The molecule has 0 aliphatic carbocycles. The normalized spacial score (nSPS) is 11.4. The van der Waals surface area contributed by atoms with E-state index in [-0.39, 0.29) is 35.2 Å². The monoisotopic (exact) mass is 276 g/mol. The molecule has 1 amide bonds. The number of nitro benzene ring substituents is 1. The van der Waals surface area contributed by atoms with E-state index in [1.165, 1.54) is 12.1 Å². The number of nitro groups is 1. The lowest BCUT2D eigenvalue weighted by molar-refractivity contribution is -0.383. The molecule has 0 heterocycles. The number of carbonyl (C=O) groups is 1. The minimum absolute atomic E-state index is 0.0486. The summed E-state index contributed by atoms with van der Waals surface area (Å²) in [5.41, 5.74) is 5.48. The van der Waals surface area contributed by atoms with E-state index in [0.29, 0.717) is 6.54 Å². The van der Waals surface area contributed by atoms with Crippen LogP contribution in [0.2, 0.25) is 0 Å². The number of nitrogens with one attached hydrogen (secondary N) is 1. The van der Waals surface area contributed by atoms with Crippen molar-refractivity contribution in [3.05, 3.63) is 33.9 Å². The van der Waals surface area contributed by atoms with E-state index in [0.717, 1.165) is 12.5 Å². The summed E-state index contributed by atoms with van der Waals surface area (Å²) in [7, 11) is 0. The fourth-order valence-corrected chi connectivity index (χ4v) is 1.72. The van der Waals surface area contributed by atoms with Gasteiger partial charge >= 0.3 is 0 Å². The fraction of sp³-hybridized carbons (Fsp3) is 0.385. The second kappa shape index (κ2) is 7.21. The Kier molecular flexibility index (Phi) is 5.62. The Morgan fingerprint density at radius 1 is 1.60 bits per heavy atom. The number of nitrogens with zero attached hydrogens (tertiary/aromatic N) is 2. The molecule has 0 aliphatic heterocycles. The van der Waals surface area contributed by atoms with Gasteiger partial charge in [-0.15, -0.1) is 0 Å². The Morgan fingerprint density at radius 3 is 2.80 bits per heavy atom. The van der Waals surface area contributed by atoms with Gasteiger partial charge < -0.3 is 11.1 Å². The minimum atomic E-state index is -0.628. The first kappa shape index (κ1) is 15.6. The molecule has 0 aliphatic rings. The number of anilines is 1. The zero-order valence-electron chi connectivity index (χ0n) is 11.1. The lowest BCUT2D eigenvalue weighted by Gasteiger charge is -2.12. The number of hydrogen-bond donors (Lipinski definition) is 2. The van der Waals surface area contributed by atoms with E-state index in [1.54, 1.807) is 0 Å². The highest BCUT2D eigenvalue weighted by molar-refractivity contribution is 5.93. The molecule has 1 aromatic carbocycles. The summed E-state index contributed by atoms with van der Waals surface area (Å²) < 4.78 is 0. The zero-order chi connectivity index (χ0) is 15.1. The molecular formula is C13H16N4O3. The molecule has 20 heavy (non-hydrogen) atoms. The third-order valence-electron chi connectivity index (χ3n) is 2.98. The van der Waals surface area contributed by atoms with Crippen molar-refractivity contribution in [3.63, 3.8) is 0 Å². The van der Waals surface area contributed by atoms with Gasteiger partial charge in [0.05, 0.1) is 16.6 Å². The van der Waals surface area contributed by atoms with Crippen molar-refractivity contribution in [3.8, 4) is 6.07 Å². The molecule has 0 bridgehead atoms. The third-order valence-corrected chi connectivity index (χ3v) is 2.98. The number of benzene rings is 1. The molecule has 0 saturated heterocycles. The maximum absolute atomic E-state index is 11.8. The van der Waals surface area contributed by atoms with Crippen LogP contribution < -0.4 is 11.1 Å². The average Bonchev–Trinajstić information content (AvgIpc) is 2.44. The second-order valence-corrected chi connectivity index (χ2v) is 4.36. The molecule has 0 radical (unpaired) electrons. The number of amides is 1. The van der Waals surface area contributed by atoms with Gasteiger partial charge in [0.1, 0.15) is 5.69 Å². The maximum atomic E-state index is 11.8. The largest absolute Gasteiger partial charge is 0.330 e. The number of nitrogens with two attached hydrogens (primary N) is 1. The predicted molar refractivity (Wildman–Crippen MR) is 73.9 cm³/mol. The third kappa shape index (κ3) is 4.03. The quantitative estimate of drug-likeness (QED) is 0.605. The van der Waals surface area contributed by atoms with Crippen LogP contribution in [0.3, 0.4) is 0 Å². The Balaban J connectivity index is 2.89. The molecule has 3 N–H and O–H groups in total. The van der Waals surface area contributed by atoms with Gasteiger partial charge in [0.2, 0.25) is 5.91 Å². The van der Waals surface area contributed by atoms with Crippen LogP contribution in [0.25, 0.3) is 0 Å². The van der Waals surface area contributed by atoms with Crippen LogP contribution in [-0.4, -0.2) is 17.4 Å². The molecule has 7 nitrogen and oxygen atoms in total. The SMILES string of the molecule is CCC(CN)CC(=O)Nc1ccc(C#N)cc1[N+](=O)[O-]. The molecule has 1 rings (SSSR count). The van der Waals surface area contributed by atoms with Crippen molar-refractivity contribution in [1.82, 2.24) is 0 Å². The van der Waals surface area contributed by atoms with Gasteiger partial charge in [0.25, 0.3) is 5.69 Å². The van der Waals surface area contributed by atoms with Crippen molar-refractivity contribution in [1.29, 1.82) is 5.26 Å². The molecule has 1 unspecified atom stereocenters. The van der Waals surface area contributed by atoms with Gasteiger partial charge in [-0.3, -0.25) is 14.9 Å². The van der Waals surface area contributed by atoms with Crippen LogP contribution in [0.5, 0.6) is 0 Å². The van der Waals surface area contributed by atoms with Gasteiger partial charge in [-0.05, 0) is 24.6 Å². The van der Waals surface area contributed by atoms with Gasteiger partial charge in [-0.1, -0.05) is 13.3 Å². The molecular weight excluding hydrogens is 260 g/mol. The summed E-state index contributed by atoms with van der Waals surface area (Å²) in [5, 5.41) is 22.2. The number of hydrogen-bond acceptors (Lipinski definition) is 5. The van der Waals surface area contributed by atoms with Crippen LogP contribution >= 0.6 is 0 Å². The summed E-state index contributed by atoms with van der Waals surface area (Å²) >= 11 is 0. The fourth-order valence-electron chi connectivity index (χ4n) is 1.72. The highest BCUT2D eigenvalue weighted by atomic mass is 16.6. The average molecular weight is 276 g/mol. The van der Waals surface area contributed by atoms with Crippen LogP contribution in [0, 0.1) is 27.4 Å². The zero-order valence-corrected chi connectivity index (χ0v) is 11.1. The molecule has 7 heteroatoms. The molecule has 0 aromatic heterocycles. The molecule has 0 spiro atoms. The van der Waals surface area contributed by atoms with E-state index in [4.69, 9.17) is 11.0 Å². The number of nitriles is 1. The summed E-state index contributed by atoms with van der Waals surface area (Å²) in [6.07, 6.45) is 0.976. The van der Waals surface area contributed by atoms with Gasteiger partial charge in [-0.2, -0.15) is 5.26 Å². The van der Waals surface area contributed by atoms with E-state index >= 15 is 0 Å². The van der Waals surface area contributed by atoms with Crippen LogP contribution in [0.4, 0.5) is 11.4 Å². The van der Waals surface area contributed by atoms with Crippen molar-refractivity contribution in [2.24, 2.45) is 11.7 Å². The lowest BCUT2D eigenvalue weighted by atomic mass is 10.0. The highest BCUT2D eigenvalue weighted by Gasteiger charge is 2.18. The van der Waals surface area contributed by atoms with Crippen molar-refractivity contribution >= 4 is 17.3 Å². The van der Waals surface area contributed by atoms with Crippen molar-refractivity contribution < 1.29 is 9.72 Å². The van der Waals surface area contributed by atoms with Crippen LogP contribution in [0.1, 0.15) is 25.3 Å². The maximum Gasteiger partial charge on any atom is 0.294 e. The first-order valence-corrected chi connectivity index (χ1v) is 6.20. The molecule has 1 atom stereocenters. The standard InChI is InChI=1S/C13H16N4O3/c1-2-9(7-14)6-13(18)16-11-4-3-10(8-15)5-12(11)17(19)20/h3-5,9H,2,6-7,14H2,1H3,(H,16,18). The topological polar surface area (TPSA) is 122 Å². The van der Waals surface area contributed by atoms with Gasteiger partial charge in [0.15, 0.2) is 0 Å². The van der Waals surface area contributed by atoms with Gasteiger partial charge in [-0.25, -0.2) is 0 Å². The highest BCUT2D eigenvalue weighted by Crippen LogP contribution is 2.25. The second-order valence-electron chi connectivity index (χ2n) is 4.36. The Hall–Kier alpha value is -2.46. The number of carbonyl (C=O) groups excluding carboxylic acids is 1. The van der Waals surface area contributed by atoms with E-state index < -0.39 is 4.92 Å². The van der Waals surface area contributed by atoms with E-state index in [2.05, 4.69) is 5.32 Å². The smallest absolute Gasteiger partial charge is 0.294 e. The first-order valence-electron chi connectivity index (χ1n) is 6.20. The van der Waals surface area contributed by atoms with Crippen LogP contribution in [0.15, 0.2) is 18.2 Å². The van der Waals surface area contributed by atoms with Crippen LogP contribution in [-0.2, 0) is 4.79 Å². The minimum Gasteiger partial charge on any atom is -0.330 e. The summed E-state index contributed by atoms with van der Waals surface area (Å²) in [5.74, 6) is -0.275. The van der Waals surface area contributed by atoms with Crippen molar-refractivity contribution in [2.75, 3.05) is 11.9 Å². The predicted octanol–water partition coefficient (Wildman–Crippen LogP) is 1.78. The summed E-state index contributed by atoms with van der Waals surface area (Å²) in [6.45, 7) is 2.31. The lowest BCUT2D eigenvalue weighted by Crippen LogP contribution is -2.22. The molecule has 1 aromatic rings. The molecule has 0 fully saturated rings. The molecule has 0 saturated carbocycles. The summed E-state index contributed by atoms with van der Waals surface area (Å²) in [4.78, 5) is 22.1. The van der Waals surface area contributed by atoms with Crippen molar-refractivity contribution in [2.45, 2.75) is 19.8 Å². The molecule has 106 valence electrons. The number of rotatable bonds is 6. The van der Waals surface area contributed by atoms with Gasteiger partial charge in [0, 0.05) is 12.5 Å². The van der Waals surface area contributed by atoms with E-state index in [1.807, 2.05) is 13.0 Å². The first-order chi connectivity index (χ1) is 9.51. The Bertz CT molecular complexity index is 547. The Labute approximate surface area is 116 Å². The summed E-state index contributed by atoms with van der Waals surface area (Å²) in [6, 6.07) is 5.73. The Morgan fingerprint density at radius 2 is 2.30 bits per heavy atom. The van der Waals surface area contributed by atoms with E-state index in [9.17, 15) is 14.9 Å².